The predicted octanol–water partition coefficient (Wildman–Crippen LogP) is 0.427. The summed E-state index contributed by atoms with van der Waals surface area (Å²) in [6.45, 7) is 1.88. The maximum Gasteiger partial charge on any atom is 0.306 e. The molecule has 2 aliphatic heterocycles. The van der Waals surface area contributed by atoms with Crippen LogP contribution in [-0.2, 0) is 33.3 Å². The van der Waals surface area contributed by atoms with Crippen LogP contribution in [0.25, 0.3) is 0 Å². The van der Waals surface area contributed by atoms with Crippen molar-refractivity contribution in [1.29, 1.82) is 0 Å². The predicted molar refractivity (Wildman–Crippen MR) is 143 cm³/mol. The highest BCUT2D eigenvalue weighted by molar-refractivity contribution is 5.70. The Morgan fingerprint density at radius 1 is 0.780 bits per heavy atom. The van der Waals surface area contributed by atoms with Crippen LogP contribution in [0.5, 0.6) is 0 Å². The van der Waals surface area contributed by atoms with Gasteiger partial charge in [0, 0.05) is 12.8 Å². The van der Waals surface area contributed by atoms with Crippen LogP contribution in [0.1, 0.15) is 90.9 Å². The topological polar surface area (TPSA) is 202 Å². The molecule has 0 amide bonds. The summed E-state index contributed by atoms with van der Waals surface area (Å²) in [6.07, 6.45) is -4.18. The van der Waals surface area contributed by atoms with Gasteiger partial charge in [-0.2, -0.15) is 0 Å². The molecule has 2 aliphatic rings. The van der Waals surface area contributed by atoms with E-state index in [1.54, 1.807) is 0 Å². The molecule has 0 spiro atoms. The van der Waals surface area contributed by atoms with Gasteiger partial charge in [0.05, 0.1) is 13.2 Å². The minimum atomic E-state index is -2.33. The SMILES string of the molecule is CCCCCCCC(=O)O[C@H]1[C@@H](O[C@]2(CO)OC[C@@H](O)[C@@H](O)[C@@H]2O)O[C@H](CO)[C@@H](O)[C@@H]1OC(=O)CCCCCCC. The molecule has 9 atom stereocenters. The number of hydrogen-bond donors (Lipinski definition) is 6. The molecule has 240 valence electrons. The summed E-state index contributed by atoms with van der Waals surface area (Å²) >= 11 is 0. The zero-order valence-corrected chi connectivity index (χ0v) is 24.3. The van der Waals surface area contributed by atoms with E-state index in [1.807, 2.05) is 0 Å². The third-order valence-electron chi connectivity index (χ3n) is 7.51. The van der Waals surface area contributed by atoms with Gasteiger partial charge in [-0.05, 0) is 12.8 Å². The zero-order valence-electron chi connectivity index (χ0n) is 24.3. The van der Waals surface area contributed by atoms with Crippen LogP contribution in [-0.4, -0.2) is 117 Å². The molecule has 0 bridgehead atoms. The second-order valence-electron chi connectivity index (χ2n) is 10.9. The van der Waals surface area contributed by atoms with E-state index in [0.717, 1.165) is 51.4 Å². The Balaban J connectivity index is 2.26. The fraction of sp³-hybridized carbons (Fsp3) is 0.929. The number of hydrogen-bond acceptors (Lipinski definition) is 13. The Morgan fingerprint density at radius 2 is 1.32 bits per heavy atom. The number of rotatable bonds is 18. The molecule has 2 saturated heterocycles. The fourth-order valence-electron chi connectivity index (χ4n) is 4.92. The maximum absolute atomic E-state index is 12.8. The van der Waals surface area contributed by atoms with Crippen molar-refractivity contribution in [3.05, 3.63) is 0 Å². The largest absolute Gasteiger partial charge is 0.455 e. The molecule has 6 N–H and O–H groups in total. The first-order chi connectivity index (χ1) is 19.6. The summed E-state index contributed by atoms with van der Waals surface area (Å²) in [5, 5.41) is 61.6. The first kappa shape index (κ1) is 35.8. The molecule has 2 rings (SSSR count). The van der Waals surface area contributed by atoms with Gasteiger partial charge in [0.2, 0.25) is 12.1 Å². The molecule has 0 unspecified atom stereocenters. The van der Waals surface area contributed by atoms with Crippen molar-refractivity contribution >= 4 is 11.9 Å². The van der Waals surface area contributed by atoms with Crippen molar-refractivity contribution in [2.75, 3.05) is 19.8 Å². The van der Waals surface area contributed by atoms with Gasteiger partial charge in [0.15, 0.2) is 12.2 Å². The monoisotopic (exact) mass is 594 g/mol. The molecule has 0 aromatic rings. The Kier molecular flexibility index (Phi) is 16.0. The molecular weight excluding hydrogens is 544 g/mol. The number of aliphatic hydroxyl groups is 6. The van der Waals surface area contributed by atoms with Crippen LogP contribution in [0, 0.1) is 0 Å². The third kappa shape index (κ3) is 10.4. The Morgan fingerprint density at radius 3 is 1.83 bits per heavy atom. The van der Waals surface area contributed by atoms with E-state index in [1.165, 1.54) is 0 Å². The lowest BCUT2D eigenvalue weighted by Crippen LogP contribution is -2.68. The first-order valence-electron chi connectivity index (χ1n) is 14.9. The smallest absolute Gasteiger partial charge is 0.306 e. The van der Waals surface area contributed by atoms with Crippen LogP contribution in [0.4, 0.5) is 0 Å². The van der Waals surface area contributed by atoms with Crippen LogP contribution in [0.2, 0.25) is 0 Å². The average Bonchev–Trinajstić information content (AvgIpc) is 2.96. The summed E-state index contributed by atoms with van der Waals surface area (Å²) in [6, 6.07) is 0. The molecule has 2 fully saturated rings. The molecule has 0 saturated carbocycles. The molecule has 0 aromatic carbocycles. The van der Waals surface area contributed by atoms with Crippen LogP contribution in [0.3, 0.4) is 0 Å². The molecule has 0 aliphatic carbocycles. The van der Waals surface area contributed by atoms with Crippen LogP contribution < -0.4 is 0 Å². The van der Waals surface area contributed by atoms with E-state index in [2.05, 4.69) is 13.8 Å². The van der Waals surface area contributed by atoms with Gasteiger partial charge in [-0.3, -0.25) is 9.59 Å². The molecule has 13 heteroatoms. The highest BCUT2D eigenvalue weighted by atomic mass is 16.8. The summed E-state index contributed by atoms with van der Waals surface area (Å²) in [5.41, 5.74) is 0. The number of carbonyl (C=O) groups is 2. The summed E-state index contributed by atoms with van der Waals surface area (Å²) in [5.74, 6) is -3.67. The van der Waals surface area contributed by atoms with Crippen molar-refractivity contribution in [2.24, 2.45) is 0 Å². The first-order valence-corrected chi connectivity index (χ1v) is 14.9. The van der Waals surface area contributed by atoms with E-state index in [0.29, 0.717) is 12.8 Å². The maximum atomic E-state index is 12.8. The second kappa shape index (κ2) is 18.3. The zero-order chi connectivity index (χ0) is 30.4. The van der Waals surface area contributed by atoms with Crippen molar-refractivity contribution in [2.45, 2.75) is 146 Å². The lowest BCUT2D eigenvalue weighted by molar-refractivity contribution is -0.415. The Labute approximate surface area is 241 Å². The average molecular weight is 595 g/mol. The molecule has 2 heterocycles. The lowest BCUT2D eigenvalue weighted by atomic mass is 9.95. The molecule has 13 nitrogen and oxygen atoms in total. The Bertz CT molecular complexity index is 767. The molecule has 41 heavy (non-hydrogen) atoms. The third-order valence-corrected chi connectivity index (χ3v) is 7.51. The van der Waals surface area contributed by atoms with Crippen molar-refractivity contribution < 1.29 is 63.9 Å². The number of esters is 2. The lowest BCUT2D eigenvalue weighted by Gasteiger charge is -2.49. The van der Waals surface area contributed by atoms with Crippen LogP contribution >= 0.6 is 0 Å². The van der Waals surface area contributed by atoms with Gasteiger partial charge in [-0.1, -0.05) is 65.2 Å². The highest BCUT2D eigenvalue weighted by Gasteiger charge is 2.57. The number of carbonyl (C=O) groups excluding carboxylic acids is 2. The summed E-state index contributed by atoms with van der Waals surface area (Å²) < 4.78 is 28.0. The van der Waals surface area contributed by atoms with E-state index in [4.69, 9.17) is 23.7 Å². The van der Waals surface area contributed by atoms with Crippen LogP contribution in [0.15, 0.2) is 0 Å². The van der Waals surface area contributed by atoms with Crippen molar-refractivity contribution in [1.82, 2.24) is 0 Å². The van der Waals surface area contributed by atoms with E-state index in [9.17, 15) is 40.2 Å². The van der Waals surface area contributed by atoms with Gasteiger partial charge in [-0.15, -0.1) is 0 Å². The van der Waals surface area contributed by atoms with Crippen molar-refractivity contribution in [3.63, 3.8) is 0 Å². The van der Waals surface area contributed by atoms with Gasteiger partial charge in [0.1, 0.15) is 37.1 Å². The molecule has 0 radical (unpaired) electrons. The van der Waals surface area contributed by atoms with Gasteiger partial charge < -0.3 is 54.3 Å². The fourth-order valence-corrected chi connectivity index (χ4v) is 4.92. The quantitative estimate of drug-likeness (QED) is 0.0943. The number of unbranched alkanes of at least 4 members (excludes halogenated alkanes) is 8. The Hall–Kier alpha value is -1.42. The number of ether oxygens (including phenoxy) is 5. The number of aliphatic hydroxyl groups excluding tert-OH is 6. The minimum Gasteiger partial charge on any atom is -0.455 e. The van der Waals surface area contributed by atoms with Gasteiger partial charge in [-0.25, -0.2) is 0 Å². The normalized spacial score (nSPS) is 33.9. The second-order valence-corrected chi connectivity index (χ2v) is 10.9. The van der Waals surface area contributed by atoms with E-state index < -0.39 is 86.6 Å². The van der Waals surface area contributed by atoms with Gasteiger partial charge in [0.25, 0.3) is 0 Å². The van der Waals surface area contributed by atoms with E-state index >= 15 is 0 Å². The minimum absolute atomic E-state index is 0.0275. The highest BCUT2D eigenvalue weighted by Crippen LogP contribution is 2.35. The molecular formula is C28H50O13. The summed E-state index contributed by atoms with van der Waals surface area (Å²) in [4.78, 5) is 25.6. The van der Waals surface area contributed by atoms with Crippen molar-refractivity contribution in [3.8, 4) is 0 Å². The van der Waals surface area contributed by atoms with E-state index in [-0.39, 0.29) is 12.8 Å². The summed E-state index contributed by atoms with van der Waals surface area (Å²) in [7, 11) is 0. The standard InChI is InChI=1S/C28H50O13/c1-3-5-7-9-11-13-20(32)39-24-23(35)19(15-29)38-27(25(24)40-21(33)14-12-10-8-6-4-2)41-28(17-30)26(36)22(34)18(31)16-37-28/h18-19,22-27,29-31,34-36H,3-17H2,1-2H3/t18-,19-,22-,23-,24+,25-,26+,27-,28+/m1/s1. The van der Waals surface area contributed by atoms with Gasteiger partial charge >= 0.3 is 11.9 Å². The molecule has 0 aromatic heterocycles.